The van der Waals surface area contributed by atoms with Gasteiger partial charge in [0.2, 0.25) is 0 Å². The minimum Gasteiger partial charge on any atom is -0.289 e. The maximum Gasteiger partial charge on any atom is 0.193 e. The lowest BCUT2D eigenvalue weighted by atomic mass is 10.1. The van der Waals surface area contributed by atoms with Crippen LogP contribution >= 0.6 is 0 Å². The van der Waals surface area contributed by atoms with Gasteiger partial charge in [0.1, 0.15) is 0 Å². The molecular weight excluding hydrogens is 244 g/mol. The zero-order chi connectivity index (χ0) is 13.8. The highest BCUT2D eigenvalue weighted by atomic mass is 16.1. The summed E-state index contributed by atoms with van der Waals surface area (Å²) in [6, 6.07) is 27.3. The molecule has 2 aromatic rings. The van der Waals surface area contributed by atoms with Gasteiger partial charge in [0.05, 0.1) is 0 Å². The Hall–Kier alpha value is -2.67. The summed E-state index contributed by atoms with van der Waals surface area (Å²) in [6.45, 7) is 0. The van der Waals surface area contributed by atoms with Crippen LogP contribution in [0.5, 0.6) is 0 Å². The molecule has 1 heteroatoms. The SMILES string of the molecule is O=C(c1ccccc1)c1cc2cc-2c1.c1ccccc1. The first-order valence-electron chi connectivity index (χ1n) is 6.60. The van der Waals surface area contributed by atoms with E-state index in [0.717, 1.165) is 11.1 Å². The Bertz CT molecular complexity index is 664. The van der Waals surface area contributed by atoms with Gasteiger partial charge < -0.3 is 0 Å². The molecule has 0 fully saturated rings. The van der Waals surface area contributed by atoms with E-state index in [-0.39, 0.29) is 5.78 Å². The van der Waals surface area contributed by atoms with Gasteiger partial charge in [-0.15, -0.1) is 0 Å². The normalized spacial score (nSPS) is 10.2. The fourth-order valence-corrected chi connectivity index (χ4v) is 2.03. The third kappa shape index (κ3) is 2.83. The average Bonchev–Trinajstić information content (AvgIpc) is 3.16. The maximum absolute atomic E-state index is 11.9. The summed E-state index contributed by atoms with van der Waals surface area (Å²) in [5, 5.41) is 0. The van der Waals surface area contributed by atoms with Crippen LogP contribution in [0.4, 0.5) is 0 Å². The molecular formula is C19H14O. The lowest BCUT2D eigenvalue weighted by Crippen LogP contribution is -1.98. The second-order valence-electron chi connectivity index (χ2n) is 4.65. The Morgan fingerprint density at radius 3 is 1.50 bits per heavy atom. The maximum atomic E-state index is 11.9. The molecule has 0 aliphatic heterocycles. The van der Waals surface area contributed by atoms with Crippen LogP contribution in [0.15, 0.2) is 84.9 Å². The van der Waals surface area contributed by atoms with Gasteiger partial charge in [-0.05, 0) is 29.3 Å². The molecule has 0 aromatic heterocycles. The molecule has 0 atom stereocenters. The van der Waals surface area contributed by atoms with Crippen molar-refractivity contribution in [3.8, 4) is 11.1 Å². The molecule has 0 saturated carbocycles. The van der Waals surface area contributed by atoms with Gasteiger partial charge in [-0.25, -0.2) is 0 Å². The zero-order valence-electron chi connectivity index (χ0n) is 11.0. The van der Waals surface area contributed by atoms with Gasteiger partial charge in [-0.1, -0.05) is 66.7 Å². The van der Waals surface area contributed by atoms with E-state index in [0.29, 0.717) is 0 Å². The number of rotatable bonds is 2. The van der Waals surface area contributed by atoms with Crippen LogP contribution in [0.2, 0.25) is 0 Å². The van der Waals surface area contributed by atoms with Crippen LogP contribution in [0.25, 0.3) is 11.1 Å². The van der Waals surface area contributed by atoms with E-state index >= 15 is 0 Å². The molecule has 0 amide bonds. The van der Waals surface area contributed by atoms with Gasteiger partial charge in [0, 0.05) is 11.1 Å². The first kappa shape index (κ1) is 12.4. The van der Waals surface area contributed by atoms with Crippen molar-refractivity contribution in [3.05, 3.63) is 96.1 Å². The number of ketones is 1. The highest BCUT2D eigenvalue weighted by Gasteiger charge is 2.18. The molecule has 0 unspecified atom stereocenters. The minimum atomic E-state index is 0.117. The van der Waals surface area contributed by atoms with Gasteiger partial charge >= 0.3 is 0 Å². The van der Waals surface area contributed by atoms with Crippen LogP contribution in [-0.2, 0) is 0 Å². The Labute approximate surface area is 118 Å². The average molecular weight is 258 g/mol. The number of fused-ring (bicyclic) bond motifs is 1. The Balaban J connectivity index is 0.000000170. The summed E-state index contributed by atoms with van der Waals surface area (Å²) < 4.78 is 0. The Kier molecular flexibility index (Phi) is 3.42. The fraction of sp³-hybridized carbons (Fsp3) is 0. The van der Waals surface area contributed by atoms with E-state index in [1.165, 1.54) is 11.1 Å². The molecule has 20 heavy (non-hydrogen) atoms. The first-order valence-corrected chi connectivity index (χ1v) is 6.60. The lowest BCUT2D eigenvalue weighted by molar-refractivity contribution is 0.103. The van der Waals surface area contributed by atoms with Gasteiger partial charge in [-0.3, -0.25) is 4.79 Å². The predicted octanol–water partition coefficient (Wildman–Crippen LogP) is 4.58. The molecule has 2 aliphatic carbocycles. The largest absolute Gasteiger partial charge is 0.289 e. The Morgan fingerprint density at radius 1 is 0.550 bits per heavy atom. The van der Waals surface area contributed by atoms with Gasteiger partial charge in [0.25, 0.3) is 0 Å². The van der Waals surface area contributed by atoms with Crippen LogP contribution in [-0.4, -0.2) is 5.78 Å². The third-order valence-electron chi connectivity index (χ3n) is 3.15. The highest BCUT2D eigenvalue weighted by Crippen LogP contribution is 2.36. The molecule has 2 aliphatic rings. The third-order valence-corrected chi connectivity index (χ3v) is 3.15. The van der Waals surface area contributed by atoms with Crippen molar-refractivity contribution in [1.82, 2.24) is 0 Å². The predicted molar refractivity (Wildman–Crippen MR) is 81.8 cm³/mol. The monoisotopic (exact) mass is 258 g/mol. The summed E-state index contributed by atoms with van der Waals surface area (Å²) in [5.74, 6) is 0.117. The highest BCUT2D eigenvalue weighted by molar-refractivity contribution is 6.11. The Morgan fingerprint density at radius 2 is 1.00 bits per heavy atom. The number of benzene rings is 3. The second kappa shape index (κ2) is 5.54. The molecule has 96 valence electrons. The summed E-state index contributed by atoms with van der Waals surface area (Å²) >= 11 is 0. The van der Waals surface area contributed by atoms with E-state index in [1.807, 2.05) is 78.9 Å². The zero-order valence-corrected chi connectivity index (χ0v) is 11.0. The van der Waals surface area contributed by atoms with E-state index < -0.39 is 0 Å². The van der Waals surface area contributed by atoms with Crippen LogP contribution in [0.3, 0.4) is 0 Å². The van der Waals surface area contributed by atoms with Crippen molar-refractivity contribution >= 4 is 5.78 Å². The van der Waals surface area contributed by atoms with Crippen LogP contribution < -0.4 is 0 Å². The lowest BCUT2D eigenvalue weighted by Gasteiger charge is -1.96. The van der Waals surface area contributed by atoms with Crippen molar-refractivity contribution in [3.63, 3.8) is 0 Å². The molecule has 4 rings (SSSR count). The smallest absolute Gasteiger partial charge is 0.193 e. The topological polar surface area (TPSA) is 17.1 Å². The molecule has 0 heterocycles. The quantitative estimate of drug-likeness (QED) is 0.481. The van der Waals surface area contributed by atoms with Crippen molar-refractivity contribution in [2.45, 2.75) is 0 Å². The number of carbonyl (C=O) groups is 1. The van der Waals surface area contributed by atoms with Crippen molar-refractivity contribution < 1.29 is 4.79 Å². The molecule has 0 N–H and O–H groups in total. The van der Waals surface area contributed by atoms with Crippen molar-refractivity contribution in [2.24, 2.45) is 0 Å². The van der Waals surface area contributed by atoms with Crippen molar-refractivity contribution in [2.75, 3.05) is 0 Å². The molecule has 0 bridgehead atoms. The molecule has 0 radical (unpaired) electrons. The number of hydrogen-bond donors (Lipinski definition) is 0. The standard InChI is InChI=1S/C13H8O.C6H6/c14-13(9-4-2-1-3-5-9)12-7-10-6-11(10)8-12;1-2-4-6-5-3-1/h1-8H;1-6H. The summed E-state index contributed by atoms with van der Waals surface area (Å²) in [6.07, 6.45) is 0. The van der Waals surface area contributed by atoms with Gasteiger partial charge in [-0.2, -0.15) is 0 Å². The van der Waals surface area contributed by atoms with Gasteiger partial charge in [0.15, 0.2) is 5.78 Å². The van der Waals surface area contributed by atoms with E-state index in [9.17, 15) is 4.79 Å². The van der Waals surface area contributed by atoms with E-state index in [4.69, 9.17) is 0 Å². The summed E-state index contributed by atoms with van der Waals surface area (Å²) in [7, 11) is 0. The minimum absolute atomic E-state index is 0.117. The first-order chi connectivity index (χ1) is 9.84. The molecule has 0 saturated heterocycles. The number of carbonyl (C=O) groups excluding carboxylic acids is 1. The fourth-order valence-electron chi connectivity index (χ4n) is 2.03. The van der Waals surface area contributed by atoms with Crippen LogP contribution in [0, 0.1) is 0 Å². The van der Waals surface area contributed by atoms with E-state index in [2.05, 4.69) is 6.07 Å². The van der Waals surface area contributed by atoms with Crippen molar-refractivity contribution in [1.29, 1.82) is 0 Å². The molecule has 0 spiro atoms. The summed E-state index contributed by atoms with van der Waals surface area (Å²) in [5.41, 5.74) is 4.00. The summed E-state index contributed by atoms with van der Waals surface area (Å²) in [4.78, 5) is 11.9. The second-order valence-corrected chi connectivity index (χ2v) is 4.65. The molecule has 1 nitrogen and oxygen atoms in total. The molecule has 2 aromatic carbocycles. The van der Waals surface area contributed by atoms with Crippen LogP contribution in [0.1, 0.15) is 15.9 Å². The number of hydrogen-bond acceptors (Lipinski definition) is 1. The van der Waals surface area contributed by atoms with E-state index in [1.54, 1.807) is 0 Å².